The number of benzene rings is 1. The van der Waals surface area contributed by atoms with E-state index < -0.39 is 15.9 Å². The van der Waals surface area contributed by atoms with Crippen LogP contribution in [0.1, 0.15) is 28.4 Å². The summed E-state index contributed by atoms with van der Waals surface area (Å²) in [6, 6.07) is 5.32. The van der Waals surface area contributed by atoms with E-state index >= 15 is 0 Å². The molecule has 0 unspecified atom stereocenters. The summed E-state index contributed by atoms with van der Waals surface area (Å²) in [6.45, 7) is 3.14. The van der Waals surface area contributed by atoms with Crippen LogP contribution in [0.4, 0.5) is 0 Å². The molecular weight excluding hydrogens is 252 g/mol. The van der Waals surface area contributed by atoms with Crippen LogP contribution < -0.4 is 10.0 Å². The van der Waals surface area contributed by atoms with Gasteiger partial charge in [0, 0.05) is 12.1 Å². The van der Waals surface area contributed by atoms with Crippen molar-refractivity contribution in [2.75, 3.05) is 12.3 Å². The maximum absolute atomic E-state index is 11.8. The zero-order chi connectivity index (χ0) is 13.2. The summed E-state index contributed by atoms with van der Waals surface area (Å²) in [5, 5.41) is 3.22. The Morgan fingerprint density at radius 3 is 2.89 bits per heavy atom. The van der Waals surface area contributed by atoms with Gasteiger partial charge in [0.1, 0.15) is 0 Å². The lowest BCUT2D eigenvalue weighted by Crippen LogP contribution is -2.32. The Hall–Kier alpha value is -1.40. The maximum Gasteiger partial charge on any atom is 0.264 e. The van der Waals surface area contributed by atoms with Gasteiger partial charge < -0.3 is 5.32 Å². The first-order valence-corrected chi connectivity index (χ1v) is 7.54. The molecule has 0 aliphatic carbocycles. The number of carbonyl (C=O) groups excluding carboxylic acids is 1. The first kappa shape index (κ1) is 13.0. The van der Waals surface area contributed by atoms with E-state index in [1.54, 1.807) is 12.1 Å². The standard InChI is InChI=1S/C12H16N2O3S/c1-2-18(16,17)14-12(15)10-4-3-9-5-6-13-8-11(9)7-10/h3-4,7,13H,2,5-6,8H2,1H3,(H,14,15). The van der Waals surface area contributed by atoms with Gasteiger partial charge in [-0.15, -0.1) is 0 Å². The molecule has 0 spiro atoms. The van der Waals surface area contributed by atoms with Crippen LogP contribution in [0, 0.1) is 0 Å². The highest BCUT2D eigenvalue weighted by Gasteiger charge is 2.16. The topological polar surface area (TPSA) is 75.3 Å². The molecule has 0 aromatic heterocycles. The minimum Gasteiger partial charge on any atom is -0.312 e. The molecule has 0 fully saturated rings. The normalized spacial score (nSPS) is 14.9. The van der Waals surface area contributed by atoms with Gasteiger partial charge in [-0.2, -0.15) is 0 Å². The maximum atomic E-state index is 11.8. The van der Waals surface area contributed by atoms with Crippen molar-refractivity contribution < 1.29 is 13.2 Å². The molecule has 1 aliphatic heterocycles. The van der Waals surface area contributed by atoms with Crippen LogP contribution in [0.3, 0.4) is 0 Å². The summed E-state index contributed by atoms with van der Waals surface area (Å²) >= 11 is 0. The molecule has 1 amide bonds. The SMILES string of the molecule is CCS(=O)(=O)NC(=O)c1ccc2c(c1)CNCC2. The van der Waals surface area contributed by atoms with Crippen molar-refractivity contribution in [2.24, 2.45) is 0 Å². The molecule has 5 nitrogen and oxygen atoms in total. The first-order chi connectivity index (χ1) is 8.52. The Balaban J connectivity index is 2.21. The number of amides is 1. The van der Waals surface area contributed by atoms with Crippen molar-refractivity contribution in [1.29, 1.82) is 0 Å². The largest absolute Gasteiger partial charge is 0.312 e. The third-order valence-corrected chi connectivity index (χ3v) is 4.24. The lowest BCUT2D eigenvalue weighted by atomic mass is 9.98. The summed E-state index contributed by atoms with van der Waals surface area (Å²) in [6.07, 6.45) is 0.935. The van der Waals surface area contributed by atoms with Crippen molar-refractivity contribution in [1.82, 2.24) is 10.0 Å². The van der Waals surface area contributed by atoms with Gasteiger partial charge in [0.15, 0.2) is 0 Å². The Morgan fingerprint density at radius 2 is 2.17 bits per heavy atom. The molecule has 2 rings (SSSR count). The van der Waals surface area contributed by atoms with Crippen LogP contribution in [0.5, 0.6) is 0 Å². The second-order valence-electron chi connectivity index (χ2n) is 4.24. The number of hydrogen-bond donors (Lipinski definition) is 2. The predicted molar refractivity (Wildman–Crippen MR) is 68.8 cm³/mol. The van der Waals surface area contributed by atoms with Gasteiger partial charge in [0.05, 0.1) is 5.75 Å². The Bertz CT molecular complexity index is 567. The molecule has 1 aliphatic rings. The fourth-order valence-corrected chi connectivity index (χ4v) is 2.44. The Morgan fingerprint density at radius 1 is 1.39 bits per heavy atom. The van der Waals surface area contributed by atoms with E-state index in [2.05, 4.69) is 5.32 Å². The Kier molecular flexibility index (Phi) is 3.68. The van der Waals surface area contributed by atoms with Crippen molar-refractivity contribution in [3.05, 3.63) is 34.9 Å². The average molecular weight is 268 g/mol. The molecule has 0 saturated carbocycles. The average Bonchev–Trinajstić information content (AvgIpc) is 2.37. The lowest BCUT2D eigenvalue weighted by Gasteiger charge is -2.17. The van der Waals surface area contributed by atoms with Gasteiger partial charge in [-0.1, -0.05) is 6.07 Å². The van der Waals surface area contributed by atoms with Gasteiger partial charge in [0.25, 0.3) is 5.91 Å². The first-order valence-electron chi connectivity index (χ1n) is 5.89. The van der Waals surface area contributed by atoms with E-state index in [0.717, 1.165) is 25.1 Å². The summed E-state index contributed by atoms with van der Waals surface area (Å²) < 4.78 is 24.7. The number of hydrogen-bond acceptors (Lipinski definition) is 4. The molecule has 0 bridgehead atoms. The minimum absolute atomic E-state index is 0.106. The van der Waals surface area contributed by atoms with Crippen LogP contribution in [-0.2, 0) is 23.0 Å². The summed E-state index contributed by atoms with van der Waals surface area (Å²) in [5.41, 5.74) is 2.65. The zero-order valence-electron chi connectivity index (χ0n) is 10.2. The lowest BCUT2D eigenvalue weighted by molar-refractivity contribution is 0.0981. The van der Waals surface area contributed by atoms with Gasteiger partial charge in [-0.25, -0.2) is 13.1 Å². The van der Waals surface area contributed by atoms with E-state index in [4.69, 9.17) is 0 Å². The molecule has 0 atom stereocenters. The number of sulfonamides is 1. The summed E-state index contributed by atoms with van der Waals surface area (Å²) in [7, 11) is -3.50. The molecule has 98 valence electrons. The van der Waals surface area contributed by atoms with Gasteiger partial charge in [-0.3, -0.25) is 4.79 Å². The molecule has 6 heteroatoms. The third kappa shape index (κ3) is 2.88. The van der Waals surface area contributed by atoms with Crippen molar-refractivity contribution >= 4 is 15.9 Å². The van der Waals surface area contributed by atoms with E-state index in [-0.39, 0.29) is 5.75 Å². The van der Waals surface area contributed by atoms with E-state index in [9.17, 15) is 13.2 Å². The van der Waals surface area contributed by atoms with E-state index in [0.29, 0.717) is 5.56 Å². The zero-order valence-corrected chi connectivity index (χ0v) is 11.0. The molecular formula is C12H16N2O3S. The summed E-state index contributed by atoms with van der Waals surface area (Å²) in [5.74, 6) is -0.671. The predicted octanol–water partition coefficient (Wildman–Crippen LogP) is 0.412. The second-order valence-corrected chi connectivity index (χ2v) is 6.26. The van der Waals surface area contributed by atoms with E-state index in [1.165, 1.54) is 12.5 Å². The van der Waals surface area contributed by atoms with Crippen molar-refractivity contribution in [3.63, 3.8) is 0 Å². The molecule has 2 N–H and O–H groups in total. The highest BCUT2D eigenvalue weighted by atomic mass is 32.2. The number of nitrogens with one attached hydrogen (secondary N) is 2. The molecule has 1 aromatic rings. The van der Waals surface area contributed by atoms with Crippen LogP contribution in [-0.4, -0.2) is 26.6 Å². The molecule has 0 saturated heterocycles. The van der Waals surface area contributed by atoms with Crippen molar-refractivity contribution in [2.45, 2.75) is 19.9 Å². The molecule has 18 heavy (non-hydrogen) atoms. The van der Waals surface area contributed by atoms with Crippen LogP contribution in [0.25, 0.3) is 0 Å². The molecule has 0 radical (unpaired) electrons. The molecule has 1 aromatic carbocycles. The smallest absolute Gasteiger partial charge is 0.264 e. The van der Waals surface area contributed by atoms with E-state index in [1.807, 2.05) is 10.8 Å². The van der Waals surface area contributed by atoms with Gasteiger partial charge in [0.2, 0.25) is 10.0 Å². The Labute approximate surface area is 107 Å². The second kappa shape index (κ2) is 5.07. The van der Waals surface area contributed by atoms with Gasteiger partial charge >= 0.3 is 0 Å². The van der Waals surface area contributed by atoms with Crippen LogP contribution in [0.2, 0.25) is 0 Å². The monoisotopic (exact) mass is 268 g/mol. The van der Waals surface area contributed by atoms with Crippen LogP contribution in [0.15, 0.2) is 18.2 Å². The number of rotatable bonds is 3. The quantitative estimate of drug-likeness (QED) is 0.832. The molecule has 1 heterocycles. The third-order valence-electron chi connectivity index (χ3n) is 2.98. The summed E-state index contributed by atoms with van der Waals surface area (Å²) in [4.78, 5) is 11.8. The highest BCUT2D eigenvalue weighted by Crippen LogP contribution is 2.15. The number of carbonyl (C=O) groups is 1. The highest BCUT2D eigenvalue weighted by molar-refractivity contribution is 7.90. The van der Waals surface area contributed by atoms with Crippen molar-refractivity contribution in [3.8, 4) is 0 Å². The number of fused-ring (bicyclic) bond motifs is 1. The minimum atomic E-state index is -3.50. The fraction of sp³-hybridized carbons (Fsp3) is 0.417. The van der Waals surface area contributed by atoms with Gasteiger partial charge in [-0.05, 0) is 43.1 Å². The van der Waals surface area contributed by atoms with Crippen LogP contribution >= 0.6 is 0 Å². The fourth-order valence-electron chi connectivity index (χ4n) is 1.89.